The molecule has 0 spiro atoms. The van der Waals surface area contributed by atoms with Gasteiger partial charge in [0.2, 0.25) is 0 Å². The van der Waals surface area contributed by atoms with Crippen molar-refractivity contribution in [2.75, 3.05) is 5.88 Å². The number of carbonyl (C=O) groups excluding carboxylic acids is 1. The minimum absolute atomic E-state index is 0.0620. The Balaban J connectivity index is 3.06. The molecule has 1 N–H and O–H groups in total. The zero-order chi connectivity index (χ0) is 13.0. The van der Waals surface area contributed by atoms with Crippen molar-refractivity contribution in [3.63, 3.8) is 0 Å². The Morgan fingerprint density at radius 1 is 1.59 bits per heavy atom. The highest BCUT2D eigenvalue weighted by Gasteiger charge is 2.20. The maximum absolute atomic E-state index is 11.8. The van der Waals surface area contributed by atoms with Crippen molar-refractivity contribution in [3.8, 4) is 0 Å². The minimum atomic E-state index is -0.570. The van der Waals surface area contributed by atoms with Gasteiger partial charge < -0.3 is 5.32 Å². The van der Waals surface area contributed by atoms with Crippen LogP contribution in [0.2, 0.25) is 0 Å². The number of hydrogen-bond acceptors (Lipinski definition) is 3. The van der Waals surface area contributed by atoms with Gasteiger partial charge in [-0.1, -0.05) is 6.07 Å². The Labute approximate surface area is 104 Å². The van der Waals surface area contributed by atoms with Crippen LogP contribution in [0, 0.1) is 17.0 Å². The van der Waals surface area contributed by atoms with E-state index in [1.54, 1.807) is 19.9 Å². The molecule has 0 aliphatic heterocycles. The molecule has 17 heavy (non-hydrogen) atoms. The van der Waals surface area contributed by atoms with Crippen molar-refractivity contribution in [2.45, 2.75) is 19.9 Å². The Kier molecular flexibility index (Phi) is 4.45. The summed E-state index contributed by atoms with van der Waals surface area (Å²) in [5.74, 6) is -0.223. The molecule has 6 heteroatoms. The van der Waals surface area contributed by atoms with Gasteiger partial charge in [-0.25, -0.2) is 0 Å². The smallest absolute Gasteiger partial charge is 0.282 e. The van der Waals surface area contributed by atoms with Crippen molar-refractivity contribution in [2.24, 2.45) is 0 Å². The lowest BCUT2D eigenvalue weighted by Crippen LogP contribution is -2.34. The highest BCUT2D eigenvalue weighted by molar-refractivity contribution is 6.18. The maximum atomic E-state index is 11.8. The normalized spacial score (nSPS) is 11.9. The highest BCUT2D eigenvalue weighted by Crippen LogP contribution is 2.19. The minimum Gasteiger partial charge on any atom is -0.348 e. The maximum Gasteiger partial charge on any atom is 0.282 e. The summed E-state index contributed by atoms with van der Waals surface area (Å²) < 4.78 is 0. The summed E-state index contributed by atoms with van der Waals surface area (Å²) in [6, 6.07) is 4.19. The number of nitrogens with one attached hydrogen (secondary N) is 1. The van der Waals surface area contributed by atoms with Crippen molar-refractivity contribution in [3.05, 3.63) is 39.4 Å². The summed E-state index contributed by atoms with van der Waals surface area (Å²) in [4.78, 5) is 22.0. The first kappa shape index (κ1) is 13.4. The van der Waals surface area contributed by atoms with Gasteiger partial charge in [0.1, 0.15) is 5.56 Å². The summed E-state index contributed by atoms with van der Waals surface area (Å²) in [5.41, 5.74) is 0.654. The molecule has 1 amide bonds. The molecule has 0 fully saturated rings. The fraction of sp³-hybridized carbons (Fsp3) is 0.364. The van der Waals surface area contributed by atoms with Crippen LogP contribution in [0.15, 0.2) is 18.2 Å². The molecule has 0 aliphatic carbocycles. The summed E-state index contributed by atoms with van der Waals surface area (Å²) >= 11 is 5.57. The van der Waals surface area contributed by atoms with E-state index in [9.17, 15) is 14.9 Å². The van der Waals surface area contributed by atoms with E-state index in [1.165, 1.54) is 12.1 Å². The van der Waals surface area contributed by atoms with Crippen LogP contribution in [-0.4, -0.2) is 22.8 Å². The molecule has 1 atom stereocenters. The van der Waals surface area contributed by atoms with Gasteiger partial charge in [0.15, 0.2) is 0 Å². The first-order chi connectivity index (χ1) is 7.95. The molecule has 92 valence electrons. The average molecular weight is 257 g/mol. The van der Waals surface area contributed by atoms with E-state index in [4.69, 9.17) is 11.6 Å². The van der Waals surface area contributed by atoms with Gasteiger partial charge in [0, 0.05) is 18.0 Å². The number of carbonyl (C=O) groups is 1. The number of aryl methyl sites for hydroxylation is 1. The lowest BCUT2D eigenvalue weighted by atomic mass is 10.1. The molecule has 1 unspecified atom stereocenters. The van der Waals surface area contributed by atoms with Crippen LogP contribution < -0.4 is 5.32 Å². The summed E-state index contributed by atoms with van der Waals surface area (Å²) in [7, 11) is 0. The first-order valence-corrected chi connectivity index (χ1v) is 5.61. The van der Waals surface area contributed by atoms with Gasteiger partial charge in [-0.3, -0.25) is 14.9 Å². The number of hydrogen-bond donors (Lipinski definition) is 1. The fourth-order valence-corrected chi connectivity index (χ4v) is 1.41. The second kappa shape index (κ2) is 5.63. The Bertz CT molecular complexity index is 448. The van der Waals surface area contributed by atoms with Crippen LogP contribution in [0.4, 0.5) is 5.69 Å². The van der Waals surface area contributed by atoms with Gasteiger partial charge in [0.05, 0.1) is 4.92 Å². The molecule has 5 nitrogen and oxygen atoms in total. The molecular weight excluding hydrogens is 244 g/mol. The van der Waals surface area contributed by atoms with Crippen molar-refractivity contribution in [1.82, 2.24) is 5.32 Å². The number of benzene rings is 1. The molecule has 0 aromatic heterocycles. The number of amides is 1. The molecule has 0 aliphatic rings. The number of alkyl halides is 1. The zero-order valence-corrected chi connectivity index (χ0v) is 10.3. The SMILES string of the molecule is Cc1ccc([N+](=O)[O-])c(C(=O)NC(C)CCl)c1. The number of nitrogens with zero attached hydrogens (tertiary/aromatic N) is 1. The third kappa shape index (κ3) is 3.42. The quantitative estimate of drug-likeness (QED) is 0.510. The number of rotatable bonds is 4. The predicted molar refractivity (Wildman–Crippen MR) is 65.5 cm³/mol. The molecule has 1 aromatic carbocycles. The number of halogens is 1. The van der Waals surface area contributed by atoms with Crippen LogP contribution in [0.25, 0.3) is 0 Å². The van der Waals surface area contributed by atoms with E-state index >= 15 is 0 Å². The first-order valence-electron chi connectivity index (χ1n) is 5.07. The molecule has 0 bridgehead atoms. The average Bonchev–Trinajstić information content (AvgIpc) is 2.28. The third-order valence-electron chi connectivity index (χ3n) is 2.20. The van der Waals surface area contributed by atoms with Gasteiger partial charge in [-0.2, -0.15) is 0 Å². The van der Waals surface area contributed by atoms with Crippen molar-refractivity contribution < 1.29 is 9.72 Å². The van der Waals surface area contributed by atoms with E-state index in [0.717, 1.165) is 5.56 Å². The summed E-state index contributed by atoms with van der Waals surface area (Å²) in [6.45, 7) is 3.50. The monoisotopic (exact) mass is 256 g/mol. The zero-order valence-electron chi connectivity index (χ0n) is 9.57. The largest absolute Gasteiger partial charge is 0.348 e. The lowest BCUT2D eigenvalue weighted by Gasteiger charge is -2.10. The van der Waals surface area contributed by atoms with E-state index in [-0.39, 0.29) is 23.2 Å². The topological polar surface area (TPSA) is 72.2 Å². The van der Waals surface area contributed by atoms with E-state index in [0.29, 0.717) is 0 Å². The molecular formula is C11H13ClN2O3. The van der Waals surface area contributed by atoms with Gasteiger partial charge >= 0.3 is 0 Å². The van der Waals surface area contributed by atoms with Crippen molar-refractivity contribution >= 4 is 23.2 Å². The molecule has 0 saturated heterocycles. The van der Waals surface area contributed by atoms with Crippen LogP contribution in [-0.2, 0) is 0 Å². The van der Waals surface area contributed by atoms with Gasteiger partial charge in [-0.15, -0.1) is 11.6 Å². The predicted octanol–water partition coefficient (Wildman–Crippen LogP) is 2.26. The van der Waals surface area contributed by atoms with E-state index in [1.807, 2.05) is 0 Å². The highest BCUT2D eigenvalue weighted by atomic mass is 35.5. The second-order valence-electron chi connectivity index (χ2n) is 3.81. The van der Waals surface area contributed by atoms with E-state index in [2.05, 4.69) is 5.32 Å². The standard InChI is InChI=1S/C11H13ClN2O3/c1-7-3-4-10(14(16)17)9(5-7)11(15)13-8(2)6-12/h3-5,8H,6H2,1-2H3,(H,13,15). The van der Waals surface area contributed by atoms with Crippen LogP contribution in [0.1, 0.15) is 22.8 Å². The number of nitro groups is 1. The molecule has 0 radical (unpaired) electrons. The molecule has 1 rings (SSSR count). The third-order valence-corrected chi connectivity index (χ3v) is 2.67. The fourth-order valence-electron chi connectivity index (χ4n) is 1.33. The second-order valence-corrected chi connectivity index (χ2v) is 4.12. The van der Waals surface area contributed by atoms with Crippen LogP contribution >= 0.6 is 11.6 Å². The van der Waals surface area contributed by atoms with Crippen LogP contribution in [0.5, 0.6) is 0 Å². The van der Waals surface area contributed by atoms with Crippen molar-refractivity contribution in [1.29, 1.82) is 0 Å². The summed E-state index contributed by atoms with van der Waals surface area (Å²) in [6.07, 6.45) is 0. The molecule has 0 heterocycles. The lowest BCUT2D eigenvalue weighted by molar-refractivity contribution is -0.385. The Hall–Kier alpha value is -1.62. The van der Waals surface area contributed by atoms with Gasteiger partial charge in [-0.05, 0) is 25.5 Å². The summed E-state index contributed by atoms with van der Waals surface area (Å²) in [5, 5.41) is 13.4. The number of nitro benzene ring substituents is 1. The Morgan fingerprint density at radius 2 is 2.24 bits per heavy atom. The molecule has 0 saturated carbocycles. The molecule has 1 aromatic rings. The van der Waals surface area contributed by atoms with Crippen LogP contribution in [0.3, 0.4) is 0 Å². The Morgan fingerprint density at radius 3 is 2.76 bits per heavy atom. The van der Waals surface area contributed by atoms with Gasteiger partial charge in [0.25, 0.3) is 11.6 Å². The van der Waals surface area contributed by atoms with E-state index < -0.39 is 10.8 Å².